The monoisotopic (exact) mass is 335 g/mol. The molecule has 2 rings (SSSR count). The van der Waals surface area contributed by atoms with E-state index in [-0.39, 0.29) is 32.3 Å². The summed E-state index contributed by atoms with van der Waals surface area (Å²) in [5.74, 6) is -1.74. The van der Waals surface area contributed by atoms with Crippen LogP contribution in [0.1, 0.15) is 19.4 Å². The van der Waals surface area contributed by atoms with Gasteiger partial charge in [0.1, 0.15) is 6.61 Å². The summed E-state index contributed by atoms with van der Waals surface area (Å²) in [5.41, 5.74) is 0.838. The third kappa shape index (κ3) is 4.11. The van der Waals surface area contributed by atoms with Crippen molar-refractivity contribution in [3.05, 3.63) is 35.9 Å². The van der Waals surface area contributed by atoms with Gasteiger partial charge in [0.05, 0.1) is 13.2 Å². The van der Waals surface area contributed by atoms with Crippen LogP contribution in [0.15, 0.2) is 30.3 Å². The van der Waals surface area contributed by atoms with E-state index in [0.29, 0.717) is 0 Å². The standard InChI is InChI=1S/C17H21NO6/c1-3-22-16(20)14-15(17(21)23-4-2)24-11-13(19)18(14)10-12-8-6-5-7-9-12/h5-9,14-15H,3-4,10-11H2,1-2H3/t14-,15+/m1/s1. The highest BCUT2D eigenvalue weighted by Crippen LogP contribution is 2.21. The van der Waals surface area contributed by atoms with Gasteiger partial charge in [0.2, 0.25) is 5.91 Å². The summed E-state index contributed by atoms with van der Waals surface area (Å²) in [6.45, 7) is 3.51. The van der Waals surface area contributed by atoms with Crippen LogP contribution >= 0.6 is 0 Å². The molecular formula is C17H21NO6. The van der Waals surface area contributed by atoms with E-state index in [1.54, 1.807) is 13.8 Å². The molecule has 1 saturated heterocycles. The Balaban J connectivity index is 2.29. The van der Waals surface area contributed by atoms with Gasteiger partial charge in [-0.2, -0.15) is 0 Å². The van der Waals surface area contributed by atoms with Gasteiger partial charge >= 0.3 is 11.9 Å². The molecule has 7 heteroatoms. The first-order chi connectivity index (χ1) is 11.6. The van der Waals surface area contributed by atoms with Crippen LogP contribution in [0, 0.1) is 0 Å². The van der Waals surface area contributed by atoms with E-state index < -0.39 is 24.1 Å². The van der Waals surface area contributed by atoms with E-state index in [1.165, 1.54) is 4.90 Å². The van der Waals surface area contributed by atoms with Gasteiger partial charge in [-0.15, -0.1) is 0 Å². The van der Waals surface area contributed by atoms with Gasteiger partial charge < -0.3 is 19.1 Å². The topological polar surface area (TPSA) is 82.1 Å². The first kappa shape index (κ1) is 17.9. The Morgan fingerprint density at radius 3 is 2.38 bits per heavy atom. The van der Waals surface area contributed by atoms with Crippen molar-refractivity contribution in [3.8, 4) is 0 Å². The lowest BCUT2D eigenvalue weighted by molar-refractivity contribution is -0.187. The SMILES string of the molecule is CCOC(=O)[C@H]1OCC(=O)N(Cc2ccccc2)[C@H]1C(=O)OCC. The highest BCUT2D eigenvalue weighted by atomic mass is 16.6. The number of esters is 2. The van der Waals surface area contributed by atoms with Crippen molar-refractivity contribution in [1.29, 1.82) is 0 Å². The normalized spacial score (nSPS) is 20.6. The number of nitrogens with zero attached hydrogens (tertiary/aromatic N) is 1. The number of carbonyl (C=O) groups is 3. The maximum Gasteiger partial charge on any atom is 0.338 e. The maximum atomic E-state index is 12.4. The molecule has 0 aliphatic carbocycles. The Labute approximate surface area is 140 Å². The van der Waals surface area contributed by atoms with Crippen molar-refractivity contribution in [2.24, 2.45) is 0 Å². The molecule has 0 bridgehead atoms. The first-order valence-corrected chi connectivity index (χ1v) is 7.86. The van der Waals surface area contributed by atoms with Crippen molar-refractivity contribution >= 4 is 17.8 Å². The molecule has 0 aromatic heterocycles. The van der Waals surface area contributed by atoms with Gasteiger partial charge in [0.15, 0.2) is 12.1 Å². The average molecular weight is 335 g/mol. The summed E-state index contributed by atoms with van der Waals surface area (Å²) in [5, 5.41) is 0. The molecule has 0 spiro atoms. The van der Waals surface area contributed by atoms with Crippen LogP contribution in [-0.4, -0.2) is 54.7 Å². The van der Waals surface area contributed by atoms with Crippen LogP contribution in [0.4, 0.5) is 0 Å². The lowest BCUT2D eigenvalue weighted by Crippen LogP contribution is -2.60. The zero-order valence-electron chi connectivity index (χ0n) is 13.8. The second kappa shape index (κ2) is 8.44. The number of hydrogen-bond donors (Lipinski definition) is 0. The highest BCUT2D eigenvalue weighted by molar-refractivity contribution is 5.92. The summed E-state index contributed by atoms with van der Waals surface area (Å²) in [6.07, 6.45) is -1.19. The Bertz CT molecular complexity index is 588. The van der Waals surface area contributed by atoms with Crippen LogP contribution in [0.2, 0.25) is 0 Å². The average Bonchev–Trinajstić information content (AvgIpc) is 2.57. The predicted molar refractivity (Wildman–Crippen MR) is 83.8 cm³/mol. The maximum absolute atomic E-state index is 12.4. The molecule has 130 valence electrons. The highest BCUT2D eigenvalue weighted by Gasteiger charge is 2.46. The van der Waals surface area contributed by atoms with E-state index in [2.05, 4.69) is 0 Å². The van der Waals surface area contributed by atoms with Crippen molar-refractivity contribution in [2.75, 3.05) is 19.8 Å². The fourth-order valence-corrected chi connectivity index (χ4v) is 2.52. The summed E-state index contributed by atoms with van der Waals surface area (Å²) >= 11 is 0. The smallest absolute Gasteiger partial charge is 0.338 e. The van der Waals surface area contributed by atoms with Gasteiger partial charge in [-0.05, 0) is 19.4 Å². The van der Waals surface area contributed by atoms with E-state index >= 15 is 0 Å². The van der Waals surface area contributed by atoms with E-state index in [9.17, 15) is 14.4 Å². The second-order valence-corrected chi connectivity index (χ2v) is 5.19. The molecule has 0 N–H and O–H groups in total. The minimum Gasteiger partial charge on any atom is -0.464 e. The van der Waals surface area contributed by atoms with Gasteiger partial charge in [-0.3, -0.25) is 4.79 Å². The molecule has 1 heterocycles. The molecule has 1 aliphatic rings. The van der Waals surface area contributed by atoms with E-state index in [1.807, 2.05) is 30.3 Å². The predicted octanol–water partition coefficient (Wildman–Crippen LogP) is 0.909. The fourth-order valence-electron chi connectivity index (χ4n) is 2.52. The molecule has 1 aliphatic heterocycles. The Morgan fingerprint density at radius 1 is 1.12 bits per heavy atom. The molecule has 0 unspecified atom stereocenters. The molecule has 1 amide bonds. The summed E-state index contributed by atoms with van der Waals surface area (Å²) in [4.78, 5) is 38.1. The largest absolute Gasteiger partial charge is 0.464 e. The van der Waals surface area contributed by atoms with Gasteiger partial charge in [0.25, 0.3) is 0 Å². The molecular weight excluding hydrogens is 314 g/mol. The van der Waals surface area contributed by atoms with Crippen LogP contribution in [0.3, 0.4) is 0 Å². The minimum atomic E-state index is -1.19. The molecule has 0 saturated carbocycles. The van der Waals surface area contributed by atoms with Gasteiger partial charge in [-0.1, -0.05) is 30.3 Å². The number of benzene rings is 1. The zero-order chi connectivity index (χ0) is 17.5. The number of hydrogen-bond acceptors (Lipinski definition) is 6. The lowest BCUT2D eigenvalue weighted by Gasteiger charge is -2.38. The molecule has 0 radical (unpaired) electrons. The van der Waals surface area contributed by atoms with Crippen LogP contribution in [-0.2, 0) is 35.1 Å². The van der Waals surface area contributed by atoms with Crippen molar-refractivity contribution in [1.82, 2.24) is 4.90 Å². The Kier molecular flexibility index (Phi) is 6.31. The summed E-state index contributed by atoms with van der Waals surface area (Å²) in [7, 11) is 0. The third-order valence-electron chi connectivity index (χ3n) is 3.57. The van der Waals surface area contributed by atoms with Gasteiger partial charge in [-0.25, -0.2) is 9.59 Å². The number of carbonyl (C=O) groups excluding carboxylic acids is 3. The minimum absolute atomic E-state index is 0.137. The number of rotatable bonds is 6. The molecule has 1 fully saturated rings. The van der Waals surface area contributed by atoms with Gasteiger partial charge in [0, 0.05) is 6.54 Å². The second-order valence-electron chi connectivity index (χ2n) is 5.19. The Hall–Kier alpha value is -2.41. The number of morpholine rings is 1. The summed E-state index contributed by atoms with van der Waals surface area (Å²) < 4.78 is 15.3. The quantitative estimate of drug-likeness (QED) is 0.719. The van der Waals surface area contributed by atoms with Crippen LogP contribution in [0.5, 0.6) is 0 Å². The number of ether oxygens (including phenoxy) is 3. The molecule has 1 aromatic carbocycles. The summed E-state index contributed by atoms with van der Waals surface area (Å²) in [6, 6.07) is 8.04. The van der Waals surface area contributed by atoms with E-state index in [0.717, 1.165) is 5.56 Å². The fraction of sp³-hybridized carbons (Fsp3) is 0.471. The first-order valence-electron chi connectivity index (χ1n) is 7.86. The number of amides is 1. The molecule has 7 nitrogen and oxygen atoms in total. The van der Waals surface area contributed by atoms with Crippen molar-refractivity contribution < 1.29 is 28.6 Å². The third-order valence-corrected chi connectivity index (χ3v) is 3.57. The van der Waals surface area contributed by atoms with Crippen LogP contribution in [0.25, 0.3) is 0 Å². The molecule has 1 aromatic rings. The Morgan fingerprint density at radius 2 is 1.75 bits per heavy atom. The van der Waals surface area contributed by atoms with Crippen LogP contribution < -0.4 is 0 Å². The molecule has 24 heavy (non-hydrogen) atoms. The molecule has 2 atom stereocenters. The van der Waals surface area contributed by atoms with Crippen molar-refractivity contribution in [3.63, 3.8) is 0 Å². The van der Waals surface area contributed by atoms with E-state index in [4.69, 9.17) is 14.2 Å². The van der Waals surface area contributed by atoms with Crippen molar-refractivity contribution in [2.45, 2.75) is 32.5 Å². The zero-order valence-corrected chi connectivity index (χ0v) is 13.8. The lowest BCUT2D eigenvalue weighted by atomic mass is 10.1.